The van der Waals surface area contributed by atoms with E-state index in [1.165, 1.54) is 7.11 Å². The van der Waals surface area contributed by atoms with Crippen LogP contribution in [0.2, 0.25) is 5.02 Å². The van der Waals surface area contributed by atoms with Crippen LogP contribution in [0.25, 0.3) is 0 Å². The monoisotopic (exact) mass is 282 g/mol. The van der Waals surface area contributed by atoms with Crippen LogP contribution < -0.4 is 0 Å². The molecule has 2 rings (SSSR count). The molecule has 19 heavy (non-hydrogen) atoms. The van der Waals surface area contributed by atoms with Crippen LogP contribution in [0.4, 0.5) is 0 Å². The Hall–Kier alpha value is -1.06. The second kappa shape index (κ2) is 5.51. The van der Waals surface area contributed by atoms with E-state index in [1.54, 1.807) is 0 Å². The first-order valence-electron chi connectivity index (χ1n) is 6.41. The Morgan fingerprint density at radius 1 is 1.42 bits per heavy atom. The van der Waals surface area contributed by atoms with E-state index in [4.69, 9.17) is 21.1 Å². The van der Waals surface area contributed by atoms with Gasteiger partial charge in [-0.15, -0.1) is 0 Å². The third-order valence-electron chi connectivity index (χ3n) is 3.66. The van der Waals surface area contributed by atoms with E-state index < -0.39 is 0 Å². The summed E-state index contributed by atoms with van der Waals surface area (Å²) in [5.74, 6) is -0.497. The molecule has 0 unspecified atom stereocenters. The Bertz CT molecular complexity index is 470. The molecule has 4 heteroatoms. The van der Waals surface area contributed by atoms with E-state index in [-0.39, 0.29) is 23.4 Å². The molecule has 1 saturated heterocycles. The molecule has 0 amide bonds. The standard InChI is InChI=1S/C15H19ClO3/c1-15(2)8-11(10-6-4-5-7-13(10)16)12(9-19-15)14(17)18-3/h4-7,11-12H,8-9H2,1-3H3/t11-,12+/m1/s1. The first kappa shape index (κ1) is 14.4. The summed E-state index contributed by atoms with van der Waals surface area (Å²) in [6.07, 6.45) is 0.747. The lowest BCUT2D eigenvalue weighted by Crippen LogP contribution is -2.42. The highest BCUT2D eigenvalue weighted by molar-refractivity contribution is 6.31. The molecule has 1 aliphatic heterocycles. The first-order valence-corrected chi connectivity index (χ1v) is 6.78. The summed E-state index contributed by atoms with van der Waals surface area (Å²) in [7, 11) is 1.41. The summed E-state index contributed by atoms with van der Waals surface area (Å²) < 4.78 is 10.6. The van der Waals surface area contributed by atoms with Crippen LogP contribution in [-0.4, -0.2) is 25.3 Å². The molecule has 1 aromatic carbocycles. The number of ether oxygens (including phenoxy) is 2. The van der Waals surface area contributed by atoms with Crippen molar-refractivity contribution in [1.29, 1.82) is 0 Å². The zero-order valence-corrected chi connectivity index (χ0v) is 12.2. The number of benzene rings is 1. The second-order valence-electron chi connectivity index (χ2n) is 5.53. The van der Waals surface area contributed by atoms with Crippen molar-refractivity contribution in [3.63, 3.8) is 0 Å². The van der Waals surface area contributed by atoms with E-state index in [1.807, 2.05) is 38.1 Å². The summed E-state index contributed by atoms with van der Waals surface area (Å²) in [5.41, 5.74) is 0.741. The minimum absolute atomic E-state index is 0.0323. The van der Waals surface area contributed by atoms with E-state index in [9.17, 15) is 4.79 Å². The molecule has 0 bridgehead atoms. The molecule has 3 nitrogen and oxygen atoms in total. The molecule has 0 aromatic heterocycles. The predicted molar refractivity (Wildman–Crippen MR) is 74.3 cm³/mol. The minimum atomic E-state index is -0.294. The molecule has 2 atom stereocenters. The molecule has 104 valence electrons. The highest BCUT2D eigenvalue weighted by Gasteiger charge is 2.41. The van der Waals surface area contributed by atoms with Crippen molar-refractivity contribution in [2.45, 2.75) is 31.8 Å². The average Bonchev–Trinajstić information content (AvgIpc) is 2.37. The molecule has 0 saturated carbocycles. The molecular formula is C15H19ClO3. The van der Waals surface area contributed by atoms with E-state index in [0.717, 1.165) is 12.0 Å². The molecule has 0 N–H and O–H groups in total. The van der Waals surface area contributed by atoms with Crippen LogP contribution >= 0.6 is 11.6 Å². The lowest BCUT2D eigenvalue weighted by Gasteiger charge is -2.40. The lowest BCUT2D eigenvalue weighted by atomic mass is 9.77. The summed E-state index contributed by atoms with van der Waals surface area (Å²) in [5, 5.41) is 0.694. The fourth-order valence-corrected chi connectivity index (χ4v) is 2.92. The van der Waals surface area contributed by atoms with Crippen LogP contribution in [0.5, 0.6) is 0 Å². The van der Waals surface area contributed by atoms with Crippen LogP contribution in [-0.2, 0) is 14.3 Å². The maximum Gasteiger partial charge on any atom is 0.311 e. The predicted octanol–water partition coefficient (Wildman–Crippen LogP) is 3.41. The van der Waals surface area contributed by atoms with Gasteiger partial charge in [0, 0.05) is 10.9 Å². The number of esters is 1. The van der Waals surface area contributed by atoms with Crippen molar-refractivity contribution in [3.8, 4) is 0 Å². The smallest absolute Gasteiger partial charge is 0.311 e. The van der Waals surface area contributed by atoms with Gasteiger partial charge in [-0.3, -0.25) is 4.79 Å². The number of rotatable bonds is 2. The quantitative estimate of drug-likeness (QED) is 0.780. The fourth-order valence-electron chi connectivity index (χ4n) is 2.65. The average molecular weight is 283 g/mol. The number of hydrogen-bond donors (Lipinski definition) is 0. The van der Waals surface area contributed by atoms with Gasteiger partial charge in [0.25, 0.3) is 0 Å². The van der Waals surface area contributed by atoms with Gasteiger partial charge < -0.3 is 9.47 Å². The zero-order valence-electron chi connectivity index (χ0n) is 11.5. The van der Waals surface area contributed by atoms with Crippen molar-refractivity contribution in [3.05, 3.63) is 34.9 Å². The Balaban J connectivity index is 2.35. The van der Waals surface area contributed by atoms with Gasteiger partial charge >= 0.3 is 5.97 Å². The maximum atomic E-state index is 11.9. The van der Waals surface area contributed by atoms with Gasteiger partial charge in [-0.2, -0.15) is 0 Å². The van der Waals surface area contributed by atoms with Gasteiger partial charge in [0.2, 0.25) is 0 Å². The van der Waals surface area contributed by atoms with Crippen molar-refractivity contribution >= 4 is 17.6 Å². The lowest BCUT2D eigenvalue weighted by molar-refractivity contribution is -0.158. The van der Waals surface area contributed by atoms with Crippen molar-refractivity contribution in [2.24, 2.45) is 5.92 Å². The molecular weight excluding hydrogens is 264 g/mol. The third-order valence-corrected chi connectivity index (χ3v) is 4.00. The molecule has 1 aromatic rings. The summed E-state index contributed by atoms with van der Waals surface area (Å²) in [6, 6.07) is 7.67. The fraction of sp³-hybridized carbons (Fsp3) is 0.533. The Labute approximate surface area is 118 Å². The largest absolute Gasteiger partial charge is 0.469 e. The first-order chi connectivity index (χ1) is 8.94. The molecule has 1 heterocycles. The highest BCUT2D eigenvalue weighted by Crippen LogP contribution is 2.42. The highest BCUT2D eigenvalue weighted by atomic mass is 35.5. The van der Waals surface area contributed by atoms with Gasteiger partial charge in [-0.1, -0.05) is 29.8 Å². The summed E-state index contributed by atoms with van der Waals surface area (Å²) in [4.78, 5) is 11.9. The normalized spacial score (nSPS) is 25.9. The molecule has 0 aliphatic carbocycles. The van der Waals surface area contributed by atoms with Gasteiger partial charge in [-0.05, 0) is 31.9 Å². The van der Waals surface area contributed by atoms with Crippen molar-refractivity contribution in [1.82, 2.24) is 0 Å². The van der Waals surface area contributed by atoms with Crippen LogP contribution in [0.3, 0.4) is 0 Å². The second-order valence-corrected chi connectivity index (χ2v) is 5.94. The number of carbonyl (C=O) groups excluding carboxylic acids is 1. The number of carbonyl (C=O) groups is 1. The Morgan fingerprint density at radius 3 is 2.74 bits per heavy atom. The summed E-state index contributed by atoms with van der Waals surface area (Å²) >= 11 is 6.27. The van der Waals surface area contributed by atoms with Crippen LogP contribution in [0.1, 0.15) is 31.7 Å². The number of methoxy groups -OCH3 is 1. The van der Waals surface area contributed by atoms with Crippen molar-refractivity contribution in [2.75, 3.05) is 13.7 Å². The third kappa shape index (κ3) is 3.10. The topological polar surface area (TPSA) is 35.5 Å². The van der Waals surface area contributed by atoms with E-state index in [0.29, 0.717) is 11.6 Å². The maximum absolute atomic E-state index is 11.9. The number of hydrogen-bond acceptors (Lipinski definition) is 3. The zero-order chi connectivity index (χ0) is 14.0. The molecule has 1 fully saturated rings. The van der Waals surface area contributed by atoms with Gasteiger partial charge in [0.15, 0.2) is 0 Å². The Morgan fingerprint density at radius 2 is 2.11 bits per heavy atom. The molecule has 1 aliphatic rings. The molecule has 0 radical (unpaired) electrons. The van der Waals surface area contributed by atoms with E-state index in [2.05, 4.69) is 0 Å². The molecule has 0 spiro atoms. The van der Waals surface area contributed by atoms with Gasteiger partial charge in [0.05, 0.1) is 25.2 Å². The van der Waals surface area contributed by atoms with Crippen LogP contribution in [0, 0.1) is 5.92 Å². The summed E-state index contributed by atoms with van der Waals surface area (Å²) in [6.45, 7) is 4.43. The SMILES string of the molecule is COC(=O)[C@H]1COC(C)(C)C[C@@H]1c1ccccc1Cl. The van der Waals surface area contributed by atoms with Crippen LogP contribution in [0.15, 0.2) is 24.3 Å². The minimum Gasteiger partial charge on any atom is -0.469 e. The number of halogens is 1. The van der Waals surface area contributed by atoms with Crippen molar-refractivity contribution < 1.29 is 14.3 Å². The van der Waals surface area contributed by atoms with E-state index >= 15 is 0 Å². The Kier molecular flexibility index (Phi) is 4.16. The van der Waals surface area contributed by atoms with Gasteiger partial charge in [-0.25, -0.2) is 0 Å². The van der Waals surface area contributed by atoms with Gasteiger partial charge in [0.1, 0.15) is 0 Å².